The fourth-order valence-electron chi connectivity index (χ4n) is 2.37. The van der Waals surface area contributed by atoms with Crippen LogP contribution in [0.15, 0.2) is 75.1 Å². The van der Waals surface area contributed by atoms with Crippen LogP contribution in [-0.4, -0.2) is 14.6 Å². The molecule has 0 saturated carbocycles. The molecule has 0 radical (unpaired) electrons. The number of rotatable bonds is 4. The van der Waals surface area contributed by atoms with Gasteiger partial charge in [0.25, 0.3) is 10.0 Å². The standard InChI is InChI=1S/C18H15BrN2O2S/c1-13-8-10-16(11-9-13)24(22,23)21-20-12-15-6-2-4-14-5-3-7-17(19)18(14)15/h2-12,21H,1H3. The lowest BCUT2D eigenvalue weighted by Gasteiger charge is -2.05. The van der Waals surface area contributed by atoms with Gasteiger partial charge in [0, 0.05) is 15.4 Å². The summed E-state index contributed by atoms with van der Waals surface area (Å²) in [5.41, 5.74) is 1.82. The second kappa shape index (κ2) is 6.75. The van der Waals surface area contributed by atoms with Crippen LogP contribution in [0.1, 0.15) is 11.1 Å². The lowest BCUT2D eigenvalue weighted by Crippen LogP contribution is -2.18. The number of hydrazone groups is 1. The highest BCUT2D eigenvalue weighted by molar-refractivity contribution is 9.10. The van der Waals surface area contributed by atoms with E-state index >= 15 is 0 Å². The van der Waals surface area contributed by atoms with E-state index in [-0.39, 0.29) is 4.90 Å². The molecule has 1 N–H and O–H groups in total. The van der Waals surface area contributed by atoms with E-state index in [0.717, 1.165) is 26.4 Å². The summed E-state index contributed by atoms with van der Waals surface area (Å²) in [7, 11) is -3.67. The average Bonchev–Trinajstić information content (AvgIpc) is 2.55. The van der Waals surface area contributed by atoms with E-state index in [1.54, 1.807) is 24.3 Å². The molecule has 0 heterocycles. The first-order valence-corrected chi connectivity index (χ1v) is 9.54. The number of nitrogens with one attached hydrogen (secondary N) is 1. The summed E-state index contributed by atoms with van der Waals surface area (Å²) >= 11 is 3.52. The van der Waals surface area contributed by atoms with Crippen molar-refractivity contribution in [3.63, 3.8) is 0 Å². The van der Waals surface area contributed by atoms with Crippen molar-refractivity contribution in [1.29, 1.82) is 0 Å². The second-order valence-electron chi connectivity index (χ2n) is 5.35. The third-order valence-electron chi connectivity index (χ3n) is 3.59. The van der Waals surface area contributed by atoms with Crippen LogP contribution in [0, 0.1) is 6.92 Å². The van der Waals surface area contributed by atoms with Crippen LogP contribution in [0.3, 0.4) is 0 Å². The molecule has 0 aliphatic heterocycles. The first-order chi connectivity index (χ1) is 11.5. The number of nitrogens with zero attached hydrogens (tertiary/aromatic N) is 1. The van der Waals surface area contributed by atoms with Gasteiger partial charge in [0.1, 0.15) is 0 Å². The Morgan fingerprint density at radius 1 is 1.00 bits per heavy atom. The third-order valence-corrected chi connectivity index (χ3v) is 5.49. The van der Waals surface area contributed by atoms with Gasteiger partial charge in [0.2, 0.25) is 0 Å². The van der Waals surface area contributed by atoms with Crippen molar-refractivity contribution < 1.29 is 8.42 Å². The van der Waals surface area contributed by atoms with Crippen LogP contribution in [0.2, 0.25) is 0 Å². The van der Waals surface area contributed by atoms with Crippen LogP contribution in [0.25, 0.3) is 10.8 Å². The van der Waals surface area contributed by atoms with Crippen molar-refractivity contribution in [2.45, 2.75) is 11.8 Å². The zero-order valence-corrected chi connectivity index (χ0v) is 15.3. The summed E-state index contributed by atoms with van der Waals surface area (Å²) in [6.07, 6.45) is 1.51. The van der Waals surface area contributed by atoms with Crippen molar-refractivity contribution in [3.05, 3.63) is 76.3 Å². The minimum atomic E-state index is -3.67. The first kappa shape index (κ1) is 16.7. The fourth-order valence-corrected chi connectivity index (χ4v) is 3.77. The highest BCUT2D eigenvalue weighted by atomic mass is 79.9. The Bertz CT molecular complexity index is 1010. The molecule has 0 saturated heterocycles. The predicted molar refractivity (Wildman–Crippen MR) is 101 cm³/mol. The molecular formula is C18H15BrN2O2S. The number of hydrogen-bond acceptors (Lipinski definition) is 3. The highest BCUT2D eigenvalue weighted by Crippen LogP contribution is 2.26. The number of hydrogen-bond donors (Lipinski definition) is 1. The maximum absolute atomic E-state index is 12.2. The zero-order chi connectivity index (χ0) is 17.2. The van der Waals surface area contributed by atoms with Gasteiger partial charge in [-0.05, 0) is 30.5 Å². The third kappa shape index (κ3) is 3.49. The molecule has 3 aromatic carbocycles. The Balaban J connectivity index is 1.88. The summed E-state index contributed by atoms with van der Waals surface area (Å²) < 4.78 is 25.4. The van der Waals surface area contributed by atoms with E-state index in [1.807, 2.05) is 43.3 Å². The molecule has 0 bridgehead atoms. The van der Waals surface area contributed by atoms with Gasteiger partial charge in [-0.3, -0.25) is 0 Å². The molecule has 0 unspecified atom stereocenters. The maximum atomic E-state index is 12.2. The van der Waals surface area contributed by atoms with Gasteiger partial charge in [-0.25, -0.2) is 4.83 Å². The topological polar surface area (TPSA) is 58.5 Å². The summed E-state index contributed by atoms with van der Waals surface area (Å²) in [6.45, 7) is 1.90. The smallest absolute Gasteiger partial charge is 0.200 e. The van der Waals surface area contributed by atoms with E-state index in [2.05, 4.69) is 25.9 Å². The average molecular weight is 403 g/mol. The van der Waals surface area contributed by atoms with Gasteiger partial charge in [0.15, 0.2) is 0 Å². The maximum Gasteiger partial charge on any atom is 0.276 e. The Morgan fingerprint density at radius 2 is 1.67 bits per heavy atom. The lowest BCUT2D eigenvalue weighted by atomic mass is 10.1. The molecule has 6 heteroatoms. The van der Waals surface area contributed by atoms with Gasteiger partial charge >= 0.3 is 0 Å². The van der Waals surface area contributed by atoms with E-state index in [0.29, 0.717) is 0 Å². The van der Waals surface area contributed by atoms with Gasteiger partial charge < -0.3 is 0 Å². The number of fused-ring (bicyclic) bond motifs is 1. The minimum Gasteiger partial charge on any atom is -0.200 e. The Kier molecular flexibility index (Phi) is 4.69. The molecule has 4 nitrogen and oxygen atoms in total. The SMILES string of the molecule is Cc1ccc(S(=O)(=O)NN=Cc2cccc3cccc(Br)c23)cc1. The molecular weight excluding hydrogens is 388 g/mol. The van der Waals surface area contributed by atoms with E-state index in [9.17, 15) is 8.42 Å². The Morgan fingerprint density at radius 3 is 2.38 bits per heavy atom. The Hall–Kier alpha value is -2.18. The molecule has 0 spiro atoms. The first-order valence-electron chi connectivity index (χ1n) is 7.26. The second-order valence-corrected chi connectivity index (χ2v) is 7.87. The number of aryl methyl sites for hydroxylation is 1. The van der Waals surface area contributed by atoms with Gasteiger partial charge in [-0.15, -0.1) is 0 Å². The van der Waals surface area contributed by atoms with E-state index in [4.69, 9.17) is 0 Å². The summed E-state index contributed by atoms with van der Waals surface area (Å²) in [5.74, 6) is 0. The van der Waals surface area contributed by atoms with Gasteiger partial charge in [-0.2, -0.15) is 13.5 Å². The highest BCUT2D eigenvalue weighted by Gasteiger charge is 2.12. The molecule has 0 aliphatic carbocycles. The number of sulfonamides is 1. The number of halogens is 1. The molecule has 0 aromatic heterocycles. The molecule has 0 fully saturated rings. The summed E-state index contributed by atoms with van der Waals surface area (Å²) in [4.78, 5) is 2.44. The van der Waals surface area contributed by atoms with Crippen molar-refractivity contribution >= 4 is 42.9 Å². The van der Waals surface area contributed by atoms with Crippen LogP contribution < -0.4 is 4.83 Å². The van der Waals surface area contributed by atoms with Gasteiger partial charge in [-0.1, -0.05) is 64.0 Å². The normalized spacial score (nSPS) is 11.9. The van der Waals surface area contributed by atoms with Crippen molar-refractivity contribution in [2.75, 3.05) is 0 Å². The van der Waals surface area contributed by atoms with Gasteiger partial charge in [0.05, 0.1) is 11.1 Å². The number of benzene rings is 3. The quantitative estimate of drug-likeness (QED) is 0.524. The molecule has 3 rings (SSSR count). The van der Waals surface area contributed by atoms with E-state index in [1.165, 1.54) is 6.21 Å². The molecule has 24 heavy (non-hydrogen) atoms. The van der Waals surface area contributed by atoms with Crippen LogP contribution >= 0.6 is 15.9 Å². The van der Waals surface area contributed by atoms with Crippen LogP contribution in [-0.2, 0) is 10.0 Å². The Labute approximate surface area is 149 Å². The monoisotopic (exact) mass is 402 g/mol. The zero-order valence-electron chi connectivity index (χ0n) is 12.9. The summed E-state index contributed by atoms with van der Waals surface area (Å²) in [6, 6.07) is 18.3. The molecule has 0 aliphatic rings. The molecule has 0 amide bonds. The molecule has 122 valence electrons. The largest absolute Gasteiger partial charge is 0.276 e. The predicted octanol–water partition coefficient (Wildman–Crippen LogP) is 4.22. The summed E-state index contributed by atoms with van der Waals surface area (Å²) in [5, 5.41) is 5.95. The van der Waals surface area contributed by atoms with Crippen LogP contribution in [0.4, 0.5) is 0 Å². The van der Waals surface area contributed by atoms with Crippen molar-refractivity contribution in [1.82, 2.24) is 4.83 Å². The minimum absolute atomic E-state index is 0.185. The molecule has 3 aromatic rings. The fraction of sp³-hybridized carbons (Fsp3) is 0.0556. The van der Waals surface area contributed by atoms with Crippen molar-refractivity contribution in [3.8, 4) is 0 Å². The lowest BCUT2D eigenvalue weighted by molar-refractivity contribution is 0.584. The molecule has 0 atom stereocenters. The van der Waals surface area contributed by atoms with Crippen molar-refractivity contribution in [2.24, 2.45) is 5.10 Å². The van der Waals surface area contributed by atoms with Crippen LogP contribution in [0.5, 0.6) is 0 Å². The van der Waals surface area contributed by atoms with E-state index < -0.39 is 10.0 Å².